The maximum Gasteiger partial charge on any atom is 0.309 e. The number of fused-ring (bicyclic) bond motifs is 7. The fourth-order valence-corrected chi connectivity index (χ4v) is 12.5. The molecule has 0 heterocycles. The molecule has 3 nitrogen and oxygen atoms in total. The predicted molar refractivity (Wildman–Crippen MR) is 170 cm³/mol. The van der Waals surface area contributed by atoms with E-state index in [4.69, 9.17) is 0 Å². The molecule has 0 amide bonds. The van der Waals surface area contributed by atoms with Crippen LogP contribution in [-0.4, -0.2) is 22.3 Å². The second kappa shape index (κ2) is 9.81. The monoisotopic (exact) mass is 622 g/mol. The normalized spacial score (nSPS) is 46.7. The van der Waals surface area contributed by atoms with Crippen LogP contribution in [0.4, 0.5) is 0 Å². The molecule has 5 saturated carbocycles. The molecular weight excluding hydrogens is 572 g/mol. The van der Waals surface area contributed by atoms with Crippen molar-refractivity contribution in [3.8, 4) is 0 Å². The van der Waals surface area contributed by atoms with Crippen molar-refractivity contribution in [3.63, 3.8) is 0 Å². The lowest BCUT2D eigenvalue weighted by Gasteiger charge is -2.72. The van der Waals surface area contributed by atoms with Crippen LogP contribution in [0.2, 0.25) is 0 Å². The number of aliphatic carboxylic acids is 1. The standard InChI is InChI=1S/C37H51BrO3/c1-23(7-8-24-9-11-25(38)12-10-24)26-15-20-37(32(40)41)22-21-35(5)27(31(26)37)13-14-29-34(4)18-17-30(39)33(2,3)28(34)16-19-36(29,35)6/h7-12,26-31,39H,1,13-22H2,2-6H3,(H,40,41)/b8-7+/t26-,27+,28-,29+,30-,31+,34-,35+,36+,37-/m0/s1. The summed E-state index contributed by atoms with van der Waals surface area (Å²) in [6.45, 7) is 16.9. The van der Waals surface area contributed by atoms with Crippen LogP contribution in [0.1, 0.15) is 104 Å². The fourth-order valence-electron chi connectivity index (χ4n) is 12.3. The Bertz CT molecular complexity index is 1250. The van der Waals surface area contributed by atoms with E-state index in [2.05, 4.69) is 93.5 Å². The molecule has 1 aromatic rings. The van der Waals surface area contributed by atoms with Gasteiger partial charge in [0.15, 0.2) is 0 Å². The van der Waals surface area contributed by atoms with Crippen LogP contribution in [0, 0.1) is 56.7 Å². The average molecular weight is 624 g/mol. The molecule has 0 spiro atoms. The first-order chi connectivity index (χ1) is 19.2. The quantitative estimate of drug-likeness (QED) is 0.329. The first-order valence-corrected chi connectivity index (χ1v) is 17.0. The number of carboxylic acid groups (broad SMARTS) is 1. The van der Waals surface area contributed by atoms with Crippen molar-refractivity contribution in [2.45, 2.75) is 105 Å². The molecule has 0 bridgehead atoms. The fraction of sp³-hybridized carbons (Fsp3) is 0.703. The van der Waals surface area contributed by atoms with Crippen LogP contribution in [0.5, 0.6) is 0 Å². The van der Waals surface area contributed by atoms with Crippen LogP contribution in [0.3, 0.4) is 0 Å². The van der Waals surface area contributed by atoms with Gasteiger partial charge in [0.05, 0.1) is 11.5 Å². The Hall–Kier alpha value is -1.39. The van der Waals surface area contributed by atoms with E-state index in [9.17, 15) is 15.0 Å². The minimum Gasteiger partial charge on any atom is -0.481 e. The van der Waals surface area contributed by atoms with E-state index in [0.29, 0.717) is 17.8 Å². The highest BCUT2D eigenvalue weighted by molar-refractivity contribution is 9.10. The summed E-state index contributed by atoms with van der Waals surface area (Å²) in [7, 11) is 0. The van der Waals surface area contributed by atoms with E-state index in [1.807, 2.05) is 0 Å². The Morgan fingerprint density at radius 1 is 0.878 bits per heavy atom. The van der Waals surface area contributed by atoms with E-state index in [1.165, 1.54) is 19.3 Å². The Morgan fingerprint density at radius 2 is 1.59 bits per heavy atom. The molecule has 0 radical (unpaired) electrons. The van der Waals surface area contributed by atoms with Gasteiger partial charge in [-0.2, -0.15) is 0 Å². The summed E-state index contributed by atoms with van der Waals surface area (Å²) in [5.41, 5.74) is 2.12. The Kier molecular flexibility index (Phi) is 7.10. The molecule has 5 fully saturated rings. The number of carboxylic acids is 1. The number of rotatable bonds is 4. The topological polar surface area (TPSA) is 57.5 Å². The highest BCUT2D eigenvalue weighted by Gasteiger charge is 2.72. The van der Waals surface area contributed by atoms with E-state index in [0.717, 1.165) is 60.6 Å². The summed E-state index contributed by atoms with van der Waals surface area (Å²) in [5, 5.41) is 21.8. The van der Waals surface area contributed by atoms with Crippen molar-refractivity contribution in [1.82, 2.24) is 0 Å². The van der Waals surface area contributed by atoms with Crippen molar-refractivity contribution < 1.29 is 15.0 Å². The van der Waals surface area contributed by atoms with Gasteiger partial charge < -0.3 is 10.2 Å². The molecular formula is C37H51BrO3. The van der Waals surface area contributed by atoms with E-state index < -0.39 is 11.4 Å². The molecule has 6 rings (SSSR count). The lowest BCUT2D eigenvalue weighted by molar-refractivity contribution is -0.248. The van der Waals surface area contributed by atoms with Gasteiger partial charge in [-0.25, -0.2) is 0 Å². The van der Waals surface area contributed by atoms with E-state index >= 15 is 0 Å². The molecule has 0 saturated heterocycles. The second-order valence-corrected chi connectivity index (χ2v) is 17.1. The molecule has 41 heavy (non-hydrogen) atoms. The largest absolute Gasteiger partial charge is 0.481 e. The zero-order valence-electron chi connectivity index (χ0n) is 25.9. The number of carbonyl (C=O) groups is 1. The van der Waals surface area contributed by atoms with Crippen LogP contribution < -0.4 is 0 Å². The van der Waals surface area contributed by atoms with Crippen LogP contribution >= 0.6 is 15.9 Å². The number of aliphatic hydroxyl groups excluding tert-OH is 1. The number of aliphatic hydroxyl groups is 1. The SMILES string of the molecule is C=C(/C=C/c1ccc(Br)cc1)[C@@H]1CC[C@]2(C(=O)O)CC[C@]3(C)[C@H](CC[C@@H]4[C@@]5(C)CC[C@H](O)C(C)(C)[C@@H]5CC[C@]43C)[C@@H]12. The highest BCUT2D eigenvalue weighted by atomic mass is 79.9. The molecule has 1 aromatic carbocycles. The van der Waals surface area contributed by atoms with E-state index in [1.54, 1.807) is 0 Å². The second-order valence-electron chi connectivity index (χ2n) is 16.1. The molecule has 0 aromatic heterocycles. The first-order valence-electron chi connectivity index (χ1n) is 16.2. The number of hydrogen-bond donors (Lipinski definition) is 2. The maximum absolute atomic E-state index is 13.1. The van der Waals surface area contributed by atoms with E-state index in [-0.39, 0.29) is 39.6 Å². The van der Waals surface area contributed by atoms with Crippen molar-refractivity contribution in [3.05, 3.63) is 52.5 Å². The lowest BCUT2D eigenvalue weighted by Crippen LogP contribution is -2.67. The van der Waals surface area contributed by atoms with Crippen molar-refractivity contribution >= 4 is 28.0 Å². The molecule has 0 unspecified atom stereocenters. The Morgan fingerprint density at radius 3 is 2.27 bits per heavy atom. The zero-order chi connectivity index (χ0) is 29.6. The zero-order valence-corrected chi connectivity index (χ0v) is 27.5. The van der Waals surface area contributed by atoms with Gasteiger partial charge in [0.2, 0.25) is 0 Å². The van der Waals surface area contributed by atoms with Crippen LogP contribution in [-0.2, 0) is 4.79 Å². The third-order valence-electron chi connectivity index (χ3n) is 14.7. The number of halogens is 1. The minimum atomic E-state index is -0.621. The van der Waals surface area contributed by atoms with Gasteiger partial charge in [-0.05, 0) is 133 Å². The molecule has 10 atom stereocenters. The third-order valence-corrected chi connectivity index (χ3v) is 15.2. The van der Waals surface area contributed by atoms with Gasteiger partial charge in [-0.15, -0.1) is 0 Å². The molecule has 4 heteroatoms. The third kappa shape index (κ3) is 4.08. The maximum atomic E-state index is 13.1. The predicted octanol–water partition coefficient (Wildman–Crippen LogP) is 9.55. The summed E-state index contributed by atoms with van der Waals surface area (Å²) in [6.07, 6.45) is 14.4. The van der Waals surface area contributed by atoms with Crippen molar-refractivity contribution in [2.24, 2.45) is 56.7 Å². The molecule has 224 valence electrons. The van der Waals surface area contributed by atoms with Crippen molar-refractivity contribution in [1.29, 1.82) is 0 Å². The van der Waals surface area contributed by atoms with Gasteiger partial charge >= 0.3 is 5.97 Å². The highest BCUT2D eigenvalue weighted by Crippen LogP contribution is 2.77. The number of allylic oxidation sites excluding steroid dienone is 2. The summed E-state index contributed by atoms with van der Waals surface area (Å²) < 4.78 is 1.07. The Labute approximate surface area is 256 Å². The molecule has 5 aliphatic rings. The summed E-state index contributed by atoms with van der Waals surface area (Å²) in [4.78, 5) is 13.1. The minimum absolute atomic E-state index is 0.0490. The van der Waals surface area contributed by atoms with Gasteiger partial charge in [0.25, 0.3) is 0 Å². The Balaban J connectivity index is 1.35. The lowest BCUT2D eigenvalue weighted by atomic mass is 9.32. The summed E-state index contributed by atoms with van der Waals surface area (Å²) in [6, 6.07) is 8.32. The van der Waals surface area contributed by atoms with Crippen LogP contribution in [0.15, 0.2) is 47.0 Å². The average Bonchev–Trinajstić information content (AvgIpc) is 3.32. The smallest absolute Gasteiger partial charge is 0.309 e. The van der Waals surface area contributed by atoms with Crippen molar-refractivity contribution in [2.75, 3.05) is 0 Å². The van der Waals surface area contributed by atoms with Crippen LogP contribution in [0.25, 0.3) is 6.08 Å². The molecule has 0 aliphatic heterocycles. The van der Waals surface area contributed by atoms with Gasteiger partial charge in [-0.3, -0.25) is 4.79 Å². The van der Waals surface area contributed by atoms with Gasteiger partial charge in [-0.1, -0.05) is 87.0 Å². The molecule has 2 N–H and O–H groups in total. The number of hydrogen-bond acceptors (Lipinski definition) is 2. The summed E-state index contributed by atoms with van der Waals surface area (Å²) >= 11 is 3.52. The molecule has 5 aliphatic carbocycles. The van der Waals surface area contributed by atoms with Gasteiger partial charge in [0, 0.05) is 4.47 Å². The summed E-state index contributed by atoms with van der Waals surface area (Å²) in [5.74, 6) is 1.37. The van der Waals surface area contributed by atoms with Gasteiger partial charge in [0.1, 0.15) is 0 Å². The number of benzene rings is 1. The first kappa shape index (κ1) is 29.7.